The predicted octanol–water partition coefficient (Wildman–Crippen LogP) is -0.636. The molecule has 1 fully saturated rings. The van der Waals surface area contributed by atoms with E-state index in [2.05, 4.69) is 16.5 Å². The van der Waals surface area contributed by atoms with Crippen LogP contribution in [0.3, 0.4) is 0 Å². The SMILES string of the molecule is CCC(CN)S(=O)(=O)NCC1CN(CC)CCO1. The first-order valence-corrected chi connectivity index (χ1v) is 8.10. The number of sulfonamides is 1. The van der Waals surface area contributed by atoms with Crippen LogP contribution in [0.2, 0.25) is 0 Å². The normalized spacial score (nSPS) is 24.1. The fourth-order valence-electron chi connectivity index (χ4n) is 2.03. The lowest BCUT2D eigenvalue weighted by atomic mass is 10.3. The van der Waals surface area contributed by atoms with Crippen molar-refractivity contribution < 1.29 is 13.2 Å². The van der Waals surface area contributed by atoms with Crippen molar-refractivity contribution in [3.8, 4) is 0 Å². The maximum absolute atomic E-state index is 11.9. The fraction of sp³-hybridized carbons (Fsp3) is 1.00. The van der Waals surface area contributed by atoms with Gasteiger partial charge < -0.3 is 10.5 Å². The average Bonchev–Trinajstić information content (AvgIpc) is 2.38. The molecule has 3 N–H and O–H groups in total. The highest BCUT2D eigenvalue weighted by Crippen LogP contribution is 2.06. The van der Waals surface area contributed by atoms with E-state index in [9.17, 15) is 8.42 Å². The van der Waals surface area contributed by atoms with Crippen molar-refractivity contribution >= 4 is 10.0 Å². The van der Waals surface area contributed by atoms with Gasteiger partial charge in [0.05, 0.1) is 18.0 Å². The molecule has 0 saturated carbocycles. The monoisotopic (exact) mass is 279 g/mol. The Balaban J connectivity index is 2.44. The number of nitrogens with zero attached hydrogens (tertiary/aromatic N) is 1. The maximum Gasteiger partial charge on any atom is 0.215 e. The largest absolute Gasteiger partial charge is 0.374 e. The predicted molar refractivity (Wildman–Crippen MR) is 71.9 cm³/mol. The lowest BCUT2D eigenvalue weighted by Crippen LogP contribution is -2.49. The molecule has 18 heavy (non-hydrogen) atoms. The number of morpholine rings is 1. The number of hydrogen-bond acceptors (Lipinski definition) is 5. The molecule has 0 aromatic rings. The fourth-order valence-corrected chi connectivity index (χ4v) is 3.38. The van der Waals surface area contributed by atoms with E-state index in [0.717, 1.165) is 19.6 Å². The summed E-state index contributed by atoms with van der Waals surface area (Å²) < 4.78 is 32.0. The quantitative estimate of drug-likeness (QED) is 0.648. The number of hydrogen-bond donors (Lipinski definition) is 2. The zero-order valence-electron chi connectivity index (χ0n) is 11.3. The van der Waals surface area contributed by atoms with Crippen molar-refractivity contribution in [3.05, 3.63) is 0 Å². The second kappa shape index (κ2) is 7.40. The number of likely N-dealkylation sites (N-methyl/N-ethyl adjacent to an activating group) is 1. The van der Waals surface area contributed by atoms with Crippen LogP contribution >= 0.6 is 0 Å². The third-order valence-electron chi connectivity index (χ3n) is 3.34. The second-order valence-electron chi connectivity index (χ2n) is 4.55. The van der Waals surface area contributed by atoms with Crippen LogP contribution in [-0.2, 0) is 14.8 Å². The lowest BCUT2D eigenvalue weighted by Gasteiger charge is -2.32. The van der Waals surface area contributed by atoms with E-state index in [1.807, 2.05) is 6.92 Å². The first kappa shape index (κ1) is 15.8. The molecule has 1 rings (SSSR count). The van der Waals surface area contributed by atoms with E-state index < -0.39 is 15.3 Å². The van der Waals surface area contributed by atoms with Gasteiger partial charge in [0.25, 0.3) is 0 Å². The molecular weight excluding hydrogens is 254 g/mol. The Morgan fingerprint density at radius 3 is 2.78 bits per heavy atom. The first-order chi connectivity index (χ1) is 8.53. The molecule has 0 bridgehead atoms. The molecule has 1 aliphatic heterocycles. The topological polar surface area (TPSA) is 84.7 Å². The van der Waals surface area contributed by atoms with Crippen LogP contribution in [0.25, 0.3) is 0 Å². The number of nitrogens with two attached hydrogens (primary N) is 1. The van der Waals surface area contributed by atoms with Gasteiger partial charge in [0.2, 0.25) is 10.0 Å². The van der Waals surface area contributed by atoms with E-state index in [0.29, 0.717) is 19.6 Å². The van der Waals surface area contributed by atoms with E-state index in [1.165, 1.54) is 0 Å². The molecule has 2 atom stereocenters. The van der Waals surface area contributed by atoms with E-state index in [4.69, 9.17) is 10.5 Å². The highest BCUT2D eigenvalue weighted by Gasteiger charge is 2.25. The first-order valence-electron chi connectivity index (χ1n) is 6.56. The van der Waals surface area contributed by atoms with Gasteiger partial charge in [-0.15, -0.1) is 0 Å². The summed E-state index contributed by atoms with van der Waals surface area (Å²) in [5, 5.41) is -0.511. The van der Waals surface area contributed by atoms with Gasteiger partial charge in [-0.05, 0) is 13.0 Å². The molecule has 0 aromatic heterocycles. The Morgan fingerprint density at radius 2 is 2.22 bits per heavy atom. The van der Waals surface area contributed by atoms with Crippen molar-refractivity contribution in [1.29, 1.82) is 0 Å². The number of nitrogens with one attached hydrogen (secondary N) is 1. The minimum atomic E-state index is -3.32. The zero-order chi connectivity index (χ0) is 13.6. The van der Waals surface area contributed by atoms with Crippen LogP contribution in [0.1, 0.15) is 20.3 Å². The molecule has 1 heterocycles. The van der Waals surface area contributed by atoms with Crippen molar-refractivity contribution in [2.45, 2.75) is 31.6 Å². The van der Waals surface area contributed by atoms with E-state index >= 15 is 0 Å². The minimum absolute atomic E-state index is 0.0660. The number of rotatable bonds is 7. The van der Waals surface area contributed by atoms with Crippen molar-refractivity contribution in [2.24, 2.45) is 5.73 Å². The van der Waals surface area contributed by atoms with Crippen molar-refractivity contribution in [1.82, 2.24) is 9.62 Å². The third kappa shape index (κ3) is 4.47. The van der Waals surface area contributed by atoms with Crippen LogP contribution in [0.5, 0.6) is 0 Å². The van der Waals surface area contributed by atoms with Crippen LogP contribution in [0.15, 0.2) is 0 Å². The molecule has 0 amide bonds. The highest BCUT2D eigenvalue weighted by molar-refractivity contribution is 7.90. The lowest BCUT2D eigenvalue weighted by molar-refractivity contribution is -0.0229. The maximum atomic E-state index is 11.9. The van der Waals surface area contributed by atoms with Crippen molar-refractivity contribution in [3.63, 3.8) is 0 Å². The molecule has 108 valence electrons. The Hall–Kier alpha value is -0.210. The molecule has 6 nitrogen and oxygen atoms in total. The third-order valence-corrected chi connectivity index (χ3v) is 5.31. The standard InChI is InChI=1S/C11H25N3O3S/c1-3-11(7-12)18(15,16)13-8-10-9-14(4-2)5-6-17-10/h10-11,13H,3-9,12H2,1-2H3. The van der Waals surface area contributed by atoms with E-state index in [-0.39, 0.29) is 12.6 Å². The molecule has 0 spiro atoms. The molecule has 0 aromatic carbocycles. The Kier molecular flexibility index (Phi) is 6.51. The summed E-state index contributed by atoms with van der Waals surface area (Å²) >= 11 is 0. The van der Waals surface area contributed by atoms with E-state index in [1.54, 1.807) is 0 Å². The summed E-state index contributed by atoms with van der Waals surface area (Å²) in [6.07, 6.45) is 0.460. The Labute approximate surface area is 110 Å². The second-order valence-corrected chi connectivity index (χ2v) is 6.59. The van der Waals surface area contributed by atoms with Gasteiger partial charge in [-0.1, -0.05) is 13.8 Å². The molecule has 1 saturated heterocycles. The molecule has 1 aliphatic rings. The van der Waals surface area contributed by atoms with Crippen molar-refractivity contribution in [2.75, 3.05) is 39.3 Å². The smallest absolute Gasteiger partial charge is 0.215 e. The molecule has 0 aliphatic carbocycles. The zero-order valence-corrected chi connectivity index (χ0v) is 12.1. The van der Waals surface area contributed by atoms with Crippen LogP contribution in [0, 0.1) is 0 Å². The van der Waals surface area contributed by atoms with Gasteiger partial charge in [-0.25, -0.2) is 13.1 Å². The Morgan fingerprint density at radius 1 is 1.50 bits per heavy atom. The van der Waals surface area contributed by atoms with Gasteiger partial charge in [-0.2, -0.15) is 0 Å². The molecule has 7 heteroatoms. The van der Waals surface area contributed by atoms with Crippen LogP contribution in [0.4, 0.5) is 0 Å². The van der Waals surface area contributed by atoms with Gasteiger partial charge >= 0.3 is 0 Å². The van der Waals surface area contributed by atoms with Crippen LogP contribution < -0.4 is 10.5 Å². The molecular formula is C11H25N3O3S. The highest BCUT2D eigenvalue weighted by atomic mass is 32.2. The van der Waals surface area contributed by atoms with Crippen LogP contribution in [-0.4, -0.2) is 64.0 Å². The van der Waals surface area contributed by atoms with Gasteiger partial charge in [0.15, 0.2) is 0 Å². The summed E-state index contributed by atoms with van der Waals surface area (Å²) in [6.45, 7) is 7.72. The molecule has 0 radical (unpaired) electrons. The summed E-state index contributed by atoms with van der Waals surface area (Å²) in [5.74, 6) is 0. The summed E-state index contributed by atoms with van der Waals surface area (Å²) in [4.78, 5) is 2.25. The number of ether oxygens (including phenoxy) is 1. The molecule has 2 unspecified atom stereocenters. The van der Waals surface area contributed by atoms with Gasteiger partial charge in [0, 0.05) is 26.2 Å². The summed E-state index contributed by atoms with van der Waals surface area (Å²) in [7, 11) is -3.32. The van der Waals surface area contributed by atoms with Gasteiger partial charge in [-0.3, -0.25) is 4.90 Å². The average molecular weight is 279 g/mol. The minimum Gasteiger partial charge on any atom is -0.374 e. The Bertz CT molecular complexity index is 330. The summed E-state index contributed by atoms with van der Waals surface area (Å²) in [5.41, 5.74) is 5.46. The van der Waals surface area contributed by atoms with Gasteiger partial charge in [0.1, 0.15) is 0 Å². The summed E-state index contributed by atoms with van der Waals surface area (Å²) in [6, 6.07) is 0.